The highest BCUT2D eigenvalue weighted by molar-refractivity contribution is 6.17. The number of rotatable bonds is 4. The van der Waals surface area contributed by atoms with Gasteiger partial charge in [-0.1, -0.05) is 127 Å². The summed E-state index contributed by atoms with van der Waals surface area (Å²) in [5, 5.41) is 7.15. The molecule has 0 aliphatic heterocycles. The van der Waals surface area contributed by atoms with Crippen LogP contribution in [0.2, 0.25) is 0 Å². The average Bonchev–Trinajstić information content (AvgIpc) is 3.85. The maximum absolute atomic E-state index is 6.55. The summed E-state index contributed by atoms with van der Waals surface area (Å²) in [5.41, 5.74) is 13.5. The van der Waals surface area contributed by atoms with Crippen molar-refractivity contribution in [2.24, 2.45) is 0 Å². The molecule has 0 unspecified atom stereocenters. The third-order valence-corrected chi connectivity index (χ3v) is 10.5. The first-order chi connectivity index (χ1) is 25.3. The standard InChI is InChI=1S/C48H30N2O/c1-2-14-31(15-3-1)33-16-4-5-17-34(33)38-27-29-46-47(39-21-9-13-25-45(39)51-46)48(38)50-43-24-12-8-20-37(43)40-30-32(26-28-44(40)50)49-41-22-10-6-18-35(41)36-19-7-11-23-42(36)49/h1-30H. The van der Waals surface area contributed by atoms with E-state index in [9.17, 15) is 0 Å². The number of aromatic nitrogens is 2. The first kappa shape index (κ1) is 28.0. The Morgan fingerprint density at radius 2 is 0.882 bits per heavy atom. The van der Waals surface area contributed by atoms with Crippen molar-refractivity contribution in [2.45, 2.75) is 0 Å². The molecule has 0 N–H and O–H groups in total. The minimum atomic E-state index is 0.875. The van der Waals surface area contributed by atoms with Gasteiger partial charge in [-0.2, -0.15) is 0 Å². The SMILES string of the molecule is c1ccc(-c2ccccc2-c2ccc3oc4ccccc4c3c2-n2c3ccccc3c3cc(-n4c5ccccc5c5ccccc54)ccc32)cc1. The lowest BCUT2D eigenvalue weighted by Gasteiger charge is -2.18. The maximum Gasteiger partial charge on any atom is 0.137 e. The predicted octanol–water partition coefficient (Wildman–Crippen LogP) is 13.1. The molecule has 0 radical (unpaired) electrons. The molecule has 0 spiro atoms. The van der Waals surface area contributed by atoms with Crippen LogP contribution < -0.4 is 0 Å². The Balaban J connectivity index is 1.27. The molecule has 0 bridgehead atoms. The van der Waals surface area contributed by atoms with E-state index in [4.69, 9.17) is 4.42 Å². The molecule has 0 aliphatic rings. The summed E-state index contributed by atoms with van der Waals surface area (Å²) in [6.45, 7) is 0. The fraction of sp³-hybridized carbons (Fsp3) is 0. The number of hydrogen-bond acceptors (Lipinski definition) is 1. The Labute approximate surface area is 293 Å². The van der Waals surface area contributed by atoms with Crippen LogP contribution in [0.1, 0.15) is 0 Å². The topological polar surface area (TPSA) is 23.0 Å². The third-order valence-electron chi connectivity index (χ3n) is 10.5. The van der Waals surface area contributed by atoms with Crippen LogP contribution in [0.3, 0.4) is 0 Å². The molecule has 3 aromatic heterocycles. The molecule has 0 atom stereocenters. The molecule has 3 nitrogen and oxygen atoms in total. The zero-order valence-corrected chi connectivity index (χ0v) is 27.6. The fourth-order valence-corrected chi connectivity index (χ4v) is 8.38. The predicted molar refractivity (Wildman–Crippen MR) is 213 cm³/mol. The van der Waals surface area contributed by atoms with Gasteiger partial charge in [0, 0.05) is 38.2 Å². The minimum absolute atomic E-state index is 0.875. The average molecular weight is 651 g/mol. The molecule has 238 valence electrons. The van der Waals surface area contributed by atoms with Gasteiger partial charge in [0.25, 0.3) is 0 Å². The molecule has 11 rings (SSSR count). The van der Waals surface area contributed by atoms with Crippen LogP contribution in [0, 0.1) is 0 Å². The smallest absolute Gasteiger partial charge is 0.137 e. The van der Waals surface area contributed by atoms with Crippen LogP contribution in [-0.2, 0) is 0 Å². The van der Waals surface area contributed by atoms with E-state index in [1.54, 1.807) is 0 Å². The van der Waals surface area contributed by atoms with E-state index >= 15 is 0 Å². The molecule has 0 saturated heterocycles. The molecule has 0 saturated carbocycles. The van der Waals surface area contributed by atoms with Crippen LogP contribution in [0.25, 0.3) is 99.2 Å². The number of fused-ring (bicyclic) bond motifs is 9. The van der Waals surface area contributed by atoms with Crippen molar-refractivity contribution in [3.8, 4) is 33.6 Å². The Morgan fingerprint density at radius 3 is 1.61 bits per heavy atom. The van der Waals surface area contributed by atoms with Gasteiger partial charge in [-0.05, 0) is 71.3 Å². The van der Waals surface area contributed by atoms with Gasteiger partial charge in [0.1, 0.15) is 11.2 Å². The zero-order chi connectivity index (χ0) is 33.5. The first-order valence-corrected chi connectivity index (χ1v) is 17.4. The Morgan fingerprint density at radius 1 is 0.333 bits per heavy atom. The third kappa shape index (κ3) is 4.06. The van der Waals surface area contributed by atoms with Gasteiger partial charge in [-0.15, -0.1) is 0 Å². The second kappa shape index (κ2) is 10.8. The van der Waals surface area contributed by atoms with Crippen molar-refractivity contribution in [3.63, 3.8) is 0 Å². The minimum Gasteiger partial charge on any atom is -0.456 e. The summed E-state index contributed by atoms with van der Waals surface area (Å²) in [4.78, 5) is 0. The van der Waals surface area contributed by atoms with Crippen molar-refractivity contribution < 1.29 is 4.42 Å². The highest BCUT2D eigenvalue weighted by Gasteiger charge is 2.23. The number of furan rings is 1. The molecule has 3 heterocycles. The molecule has 0 aliphatic carbocycles. The van der Waals surface area contributed by atoms with Crippen molar-refractivity contribution >= 4 is 65.6 Å². The van der Waals surface area contributed by atoms with Crippen LogP contribution in [-0.4, -0.2) is 9.13 Å². The highest BCUT2D eigenvalue weighted by Crippen LogP contribution is 2.46. The van der Waals surface area contributed by atoms with Crippen LogP contribution in [0.4, 0.5) is 0 Å². The van der Waals surface area contributed by atoms with Gasteiger partial charge in [0.05, 0.1) is 33.1 Å². The summed E-state index contributed by atoms with van der Waals surface area (Å²) >= 11 is 0. The van der Waals surface area contributed by atoms with Crippen molar-refractivity contribution in [2.75, 3.05) is 0 Å². The molecule has 0 fully saturated rings. The van der Waals surface area contributed by atoms with Gasteiger partial charge < -0.3 is 13.6 Å². The van der Waals surface area contributed by atoms with E-state index < -0.39 is 0 Å². The van der Waals surface area contributed by atoms with Gasteiger partial charge in [0.15, 0.2) is 0 Å². The summed E-state index contributed by atoms with van der Waals surface area (Å²) < 4.78 is 11.4. The largest absolute Gasteiger partial charge is 0.456 e. The molecular formula is C48H30N2O. The number of hydrogen-bond donors (Lipinski definition) is 0. The molecule has 8 aromatic carbocycles. The van der Waals surface area contributed by atoms with E-state index in [1.807, 2.05) is 6.07 Å². The van der Waals surface area contributed by atoms with E-state index in [0.29, 0.717) is 0 Å². The van der Waals surface area contributed by atoms with Crippen LogP contribution >= 0.6 is 0 Å². The number of benzene rings is 8. The quantitative estimate of drug-likeness (QED) is 0.186. The second-order valence-corrected chi connectivity index (χ2v) is 13.3. The van der Waals surface area contributed by atoms with Gasteiger partial charge in [-0.25, -0.2) is 0 Å². The number of para-hydroxylation sites is 4. The van der Waals surface area contributed by atoms with E-state index in [2.05, 4.69) is 185 Å². The highest BCUT2D eigenvalue weighted by atomic mass is 16.3. The van der Waals surface area contributed by atoms with Gasteiger partial charge in [-0.3, -0.25) is 0 Å². The maximum atomic E-state index is 6.55. The number of nitrogens with zero attached hydrogens (tertiary/aromatic N) is 2. The first-order valence-electron chi connectivity index (χ1n) is 17.4. The molecule has 0 amide bonds. The second-order valence-electron chi connectivity index (χ2n) is 13.3. The van der Waals surface area contributed by atoms with Crippen LogP contribution in [0.15, 0.2) is 186 Å². The molecule has 11 aromatic rings. The fourth-order valence-electron chi connectivity index (χ4n) is 8.38. The normalized spacial score (nSPS) is 11.9. The van der Waals surface area contributed by atoms with E-state index in [0.717, 1.165) is 49.9 Å². The zero-order valence-electron chi connectivity index (χ0n) is 27.6. The van der Waals surface area contributed by atoms with Crippen LogP contribution in [0.5, 0.6) is 0 Å². The van der Waals surface area contributed by atoms with E-state index in [1.165, 1.54) is 49.3 Å². The Hall–Kier alpha value is -6.84. The molecule has 51 heavy (non-hydrogen) atoms. The lowest BCUT2D eigenvalue weighted by Crippen LogP contribution is -2.00. The summed E-state index contributed by atoms with van der Waals surface area (Å²) in [5.74, 6) is 0. The van der Waals surface area contributed by atoms with E-state index in [-0.39, 0.29) is 0 Å². The molecule has 3 heteroatoms. The van der Waals surface area contributed by atoms with Crippen molar-refractivity contribution in [1.29, 1.82) is 0 Å². The summed E-state index contributed by atoms with van der Waals surface area (Å²) in [7, 11) is 0. The van der Waals surface area contributed by atoms with Crippen molar-refractivity contribution in [3.05, 3.63) is 182 Å². The molecular weight excluding hydrogens is 621 g/mol. The monoisotopic (exact) mass is 650 g/mol. The lowest BCUT2D eigenvalue weighted by atomic mass is 9.92. The van der Waals surface area contributed by atoms with Crippen molar-refractivity contribution in [1.82, 2.24) is 9.13 Å². The summed E-state index contributed by atoms with van der Waals surface area (Å²) in [6, 6.07) is 65.5. The van der Waals surface area contributed by atoms with Gasteiger partial charge in [0.2, 0.25) is 0 Å². The lowest BCUT2D eigenvalue weighted by molar-refractivity contribution is 0.669. The Kier molecular flexibility index (Phi) is 5.96. The Bertz CT molecular complexity index is 3090. The van der Waals surface area contributed by atoms with Gasteiger partial charge >= 0.3 is 0 Å². The summed E-state index contributed by atoms with van der Waals surface area (Å²) in [6.07, 6.45) is 0.